The molecule has 0 fully saturated rings. The number of rotatable bonds is 5. The second-order valence-electron chi connectivity index (χ2n) is 4.13. The third-order valence-corrected chi connectivity index (χ3v) is 1.52. The van der Waals surface area contributed by atoms with Crippen LogP contribution in [0.15, 0.2) is 12.2 Å². The van der Waals surface area contributed by atoms with E-state index >= 15 is 0 Å². The van der Waals surface area contributed by atoms with Gasteiger partial charge in [0.15, 0.2) is 0 Å². The highest BCUT2D eigenvalue weighted by Crippen LogP contribution is 1.99. The van der Waals surface area contributed by atoms with E-state index in [4.69, 9.17) is 5.11 Å². The molecule has 0 spiro atoms. The lowest BCUT2D eigenvalue weighted by Crippen LogP contribution is -2.29. The Balaban J connectivity index is 0. The molecule has 0 radical (unpaired) electrons. The third-order valence-electron chi connectivity index (χ3n) is 1.52. The molecule has 2 N–H and O–H groups in total. The minimum atomic E-state index is -0.883. The van der Waals surface area contributed by atoms with Crippen molar-refractivity contribution in [3.63, 3.8) is 0 Å². The molecule has 0 saturated heterocycles. The van der Waals surface area contributed by atoms with Crippen LogP contribution in [0.4, 0.5) is 0 Å². The van der Waals surface area contributed by atoms with Gasteiger partial charge in [-0.05, 0) is 6.42 Å². The first-order valence-corrected chi connectivity index (χ1v) is 5.48. The lowest BCUT2D eigenvalue weighted by atomic mass is 10.2. The molecule has 0 bridgehead atoms. The fourth-order valence-corrected chi connectivity index (χ4v) is 1.08. The molecule has 3 nitrogen and oxygen atoms in total. The first-order chi connectivity index (χ1) is 6.81. The zero-order valence-electron chi connectivity index (χ0n) is 10.6. The fourth-order valence-electron chi connectivity index (χ4n) is 1.08. The van der Waals surface area contributed by atoms with Crippen LogP contribution in [0.1, 0.15) is 47.5 Å². The van der Waals surface area contributed by atoms with Crippen LogP contribution < -0.4 is 5.32 Å². The Morgan fingerprint density at radius 3 is 1.73 bits per heavy atom. The Morgan fingerprint density at radius 1 is 1.27 bits per heavy atom. The molecule has 0 aliphatic carbocycles. The van der Waals surface area contributed by atoms with Crippen molar-refractivity contribution < 1.29 is 9.90 Å². The van der Waals surface area contributed by atoms with Crippen LogP contribution in [0.25, 0.3) is 0 Å². The van der Waals surface area contributed by atoms with E-state index in [2.05, 4.69) is 39.6 Å². The van der Waals surface area contributed by atoms with Crippen LogP contribution in [0.2, 0.25) is 0 Å². The first kappa shape index (κ1) is 16.6. The molecular formula is C12H25NO2. The summed E-state index contributed by atoms with van der Waals surface area (Å²) in [6, 6.07) is 1.25. The summed E-state index contributed by atoms with van der Waals surface area (Å²) in [6.45, 7) is 13.9. The van der Waals surface area contributed by atoms with Crippen molar-refractivity contribution >= 4 is 5.97 Å². The molecular weight excluding hydrogens is 190 g/mol. The van der Waals surface area contributed by atoms with E-state index in [-0.39, 0.29) is 0 Å². The van der Waals surface area contributed by atoms with Gasteiger partial charge in [0.05, 0.1) is 0 Å². The summed E-state index contributed by atoms with van der Waals surface area (Å²) in [5, 5.41) is 11.5. The van der Waals surface area contributed by atoms with E-state index in [0.29, 0.717) is 24.1 Å². The Hall–Kier alpha value is -0.830. The van der Waals surface area contributed by atoms with Crippen LogP contribution in [0, 0.1) is 0 Å². The van der Waals surface area contributed by atoms with E-state index in [1.165, 1.54) is 0 Å². The molecule has 3 heteroatoms. The number of carbonyl (C=O) groups is 1. The maximum Gasteiger partial charge on any atom is 0.330 e. The van der Waals surface area contributed by atoms with Gasteiger partial charge in [0.1, 0.15) is 0 Å². The van der Waals surface area contributed by atoms with Crippen LogP contribution in [0.3, 0.4) is 0 Å². The highest BCUT2D eigenvalue weighted by Gasteiger charge is 1.99. The molecule has 90 valence electrons. The van der Waals surface area contributed by atoms with E-state index in [1.54, 1.807) is 0 Å². The molecule has 0 aliphatic heterocycles. The third kappa shape index (κ3) is 15.9. The van der Waals surface area contributed by atoms with Gasteiger partial charge in [-0.1, -0.05) is 47.6 Å². The van der Waals surface area contributed by atoms with Gasteiger partial charge in [0.2, 0.25) is 0 Å². The normalized spacial score (nSPS) is 9.80. The Bertz CT molecular complexity index is 180. The van der Waals surface area contributed by atoms with Crippen LogP contribution >= 0.6 is 0 Å². The van der Waals surface area contributed by atoms with Crippen molar-refractivity contribution in [3.05, 3.63) is 12.2 Å². The van der Waals surface area contributed by atoms with Crippen LogP contribution in [0.5, 0.6) is 0 Å². The van der Waals surface area contributed by atoms with E-state index < -0.39 is 5.97 Å². The molecule has 15 heavy (non-hydrogen) atoms. The summed E-state index contributed by atoms with van der Waals surface area (Å²) in [5.41, 5.74) is 0.299. The zero-order valence-corrected chi connectivity index (χ0v) is 10.6. The SMILES string of the molecule is C=C(CCC)C(=O)O.CC(C)NC(C)C. The van der Waals surface area contributed by atoms with Gasteiger partial charge in [-0.2, -0.15) is 0 Å². The number of carboxylic acid groups (broad SMARTS) is 1. The summed E-state index contributed by atoms with van der Waals surface area (Å²) in [5.74, 6) is -0.883. The van der Waals surface area contributed by atoms with Crippen LogP contribution in [-0.4, -0.2) is 23.2 Å². The van der Waals surface area contributed by atoms with Gasteiger partial charge in [-0.3, -0.25) is 0 Å². The van der Waals surface area contributed by atoms with Crippen molar-refractivity contribution in [2.75, 3.05) is 0 Å². The number of aliphatic carboxylic acids is 1. The lowest BCUT2D eigenvalue weighted by Gasteiger charge is -2.10. The lowest BCUT2D eigenvalue weighted by molar-refractivity contribution is -0.132. The second kappa shape index (κ2) is 9.71. The average molecular weight is 215 g/mol. The molecule has 0 atom stereocenters. The van der Waals surface area contributed by atoms with Gasteiger partial charge in [-0.15, -0.1) is 0 Å². The molecule has 0 heterocycles. The largest absolute Gasteiger partial charge is 0.478 e. The summed E-state index contributed by atoms with van der Waals surface area (Å²) >= 11 is 0. The molecule has 0 aromatic carbocycles. The standard InChI is InChI=1S/C6H15N.C6H10O2/c1-5(2)7-6(3)4;1-3-4-5(2)6(7)8/h5-7H,1-4H3;2-4H2,1H3,(H,7,8). The van der Waals surface area contributed by atoms with Crippen molar-refractivity contribution in [2.45, 2.75) is 59.5 Å². The number of nitrogens with one attached hydrogen (secondary N) is 1. The first-order valence-electron chi connectivity index (χ1n) is 5.48. The monoisotopic (exact) mass is 215 g/mol. The molecule has 0 unspecified atom stereocenters. The maximum atomic E-state index is 9.99. The highest BCUT2D eigenvalue weighted by atomic mass is 16.4. The van der Waals surface area contributed by atoms with Gasteiger partial charge in [-0.25, -0.2) is 4.79 Å². The van der Waals surface area contributed by atoms with Crippen molar-refractivity contribution in [2.24, 2.45) is 0 Å². The molecule has 0 amide bonds. The van der Waals surface area contributed by atoms with Gasteiger partial charge in [0.25, 0.3) is 0 Å². The molecule has 0 saturated carbocycles. The van der Waals surface area contributed by atoms with E-state index in [1.807, 2.05) is 6.92 Å². The smallest absolute Gasteiger partial charge is 0.330 e. The summed E-state index contributed by atoms with van der Waals surface area (Å²) in [7, 11) is 0. The summed E-state index contributed by atoms with van der Waals surface area (Å²) in [4.78, 5) is 9.99. The number of carboxylic acids is 1. The quantitative estimate of drug-likeness (QED) is 0.693. The van der Waals surface area contributed by atoms with Crippen molar-refractivity contribution in [1.82, 2.24) is 5.32 Å². The van der Waals surface area contributed by atoms with Gasteiger partial charge in [0, 0.05) is 17.7 Å². The van der Waals surface area contributed by atoms with Crippen LogP contribution in [-0.2, 0) is 4.79 Å². The average Bonchev–Trinajstić information content (AvgIpc) is 2.02. The Morgan fingerprint density at radius 2 is 1.67 bits per heavy atom. The topological polar surface area (TPSA) is 49.3 Å². The Labute approximate surface area is 93.6 Å². The van der Waals surface area contributed by atoms with Crippen molar-refractivity contribution in [3.8, 4) is 0 Å². The fraction of sp³-hybridized carbons (Fsp3) is 0.750. The van der Waals surface area contributed by atoms with E-state index in [9.17, 15) is 4.79 Å². The van der Waals surface area contributed by atoms with Gasteiger partial charge >= 0.3 is 5.97 Å². The predicted molar refractivity (Wildman–Crippen MR) is 65.1 cm³/mol. The Kier molecular flexibility index (Phi) is 10.7. The number of hydrogen-bond acceptors (Lipinski definition) is 2. The number of hydrogen-bond donors (Lipinski definition) is 2. The zero-order chi connectivity index (χ0) is 12.4. The minimum Gasteiger partial charge on any atom is -0.478 e. The maximum absolute atomic E-state index is 9.99. The molecule has 0 aliphatic rings. The molecule has 0 rings (SSSR count). The summed E-state index contributed by atoms with van der Waals surface area (Å²) < 4.78 is 0. The van der Waals surface area contributed by atoms with Crippen molar-refractivity contribution in [1.29, 1.82) is 0 Å². The second-order valence-corrected chi connectivity index (χ2v) is 4.13. The molecule has 0 aromatic rings. The predicted octanol–water partition coefficient (Wildman–Crippen LogP) is 2.82. The highest BCUT2D eigenvalue weighted by molar-refractivity contribution is 5.85. The minimum absolute atomic E-state index is 0.299. The summed E-state index contributed by atoms with van der Waals surface area (Å²) in [6.07, 6.45) is 1.44. The van der Waals surface area contributed by atoms with Gasteiger partial charge < -0.3 is 10.4 Å². The van der Waals surface area contributed by atoms with E-state index in [0.717, 1.165) is 6.42 Å². The molecule has 0 aromatic heterocycles.